The van der Waals surface area contributed by atoms with Crippen molar-refractivity contribution in [3.8, 4) is 56.4 Å². The van der Waals surface area contributed by atoms with Crippen molar-refractivity contribution in [1.82, 2.24) is 84.9 Å². The van der Waals surface area contributed by atoms with Crippen LogP contribution < -0.4 is 56.1 Å². The molecular formula is C84H98BrCl5F3N27O3. The molecule has 0 atom stereocenters. The summed E-state index contributed by atoms with van der Waals surface area (Å²) in [5.41, 5.74) is 55.2. The Bertz CT molecular complexity index is 5480. The minimum absolute atomic E-state index is 0.0433. The molecule has 9 aromatic heterocycles. The van der Waals surface area contributed by atoms with Crippen molar-refractivity contribution < 1.29 is 27.5 Å². The molecule has 0 saturated carbocycles. The zero-order valence-electron chi connectivity index (χ0n) is 68.8. The van der Waals surface area contributed by atoms with Crippen LogP contribution in [-0.4, -0.2) is 137 Å². The lowest BCUT2D eigenvalue weighted by atomic mass is 10.0. The van der Waals surface area contributed by atoms with E-state index in [2.05, 4.69) is 107 Å². The third-order valence-electron chi connectivity index (χ3n) is 17.7. The monoisotopic (exact) mass is 1840 g/mol. The molecule has 1 amide bonds. The van der Waals surface area contributed by atoms with Crippen LogP contribution in [0.2, 0.25) is 25.1 Å². The summed E-state index contributed by atoms with van der Waals surface area (Å²) < 4.78 is 43.8. The van der Waals surface area contributed by atoms with Crippen LogP contribution in [0.3, 0.4) is 0 Å². The van der Waals surface area contributed by atoms with Crippen molar-refractivity contribution in [3.63, 3.8) is 0 Å². The zero-order valence-corrected chi connectivity index (χ0v) is 74.1. The molecule has 0 aliphatic heterocycles. The lowest BCUT2D eigenvalue weighted by molar-refractivity contribution is -0.171. The van der Waals surface area contributed by atoms with Crippen LogP contribution in [0.5, 0.6) is 0 Å². The molecule has 9 heterocycles. The quantitative estimate of drug-likeness (QED) is 0.0147. The molecule has 0 aliphatic rings. The number of aromatic amines is 1. The number of H-pyrrole nitrogens is 1. The van der Waals surface area contributed by atoms with Crippen LogP contribution >= 0.6 is 73.9 Å². The minimum Gasteiger partial charge on any atom is -0.402 e. The van der Waals surface area contributed by atoms with E-state index < -0.39 is 18.4 Å². The van der Waals surface area contributed by atoms with Gasteiger partial charge in [0, 0.05) is 155 Å². The van der Waals surface area contributed by atoms with Crippen LogP contribution in [0.25, 0.3) is 62.0 Å². The van der Waals surface area contributed by atoms with E-state index in [1.807, 2.05) is 126 Å². The molecule has 39 heteroatoms. The van der Waals surface area contributed by atoms with Crippen molar-refractivity contribution in [3.05, 3.63) is 215 Å². The highest BCUT2D eigenvalue weighted by molar-refractivity contribution is 9.10. The van der Waals surface area contributed by atoms with Crippen LogP contribution in [0.15, 0.2) is 150 Å². The van der Waals surface area contributed by atoms with Gasteiger partial charge in [0.2, 0.25) is 47.4 Å². The average molecular weight is 1850 g/mol. The lowest BCUT2D eigenvalue weighted by Gasteiger charge is -2.10. The van der Waals surface area contributed by atoms with Gasteiger partial charge in [-0.3, -0.25) is 19.3 Å². The number of nitrogens with zero attached hydrogens (tertiary/aromatic N) is 15. The molecule has 0 aliphatic carbocycles. The number of nitrogens with one attached hydrogen (secondary N) is 5. The largest absolute Gasteiger partial charge is 0.449 e. The molecule has 0 radical (unpaired) electrons. The van der Waals surface area contributed by atoms with Crippen LogP contribution in [-0.2, 0) is 53.5 Å². The number of ketones is 1. The van der Waals surface area contributed by atoms with Gasteiger partial charge in [-0.2, -0.15) is 28.2 Å². The fourth-order valence-electron chi connectivity index (χ4n) is 11.5. The molecule has 0 saturated heterocycles. The number of carbonyl (C=O) groups is 2. The molecule has 0 bridgehead atoms. The van der Waals surface area contributed by atoms with Crippen molar-refractivity contribution in [2.45, 2.75) is 124 Å². The first-order chi connectivity index (χ1) is 58.8. The third kappa shape index (κ3) is 32.5. The summed E-state index contributed by atoms with van der Waals surface area (Å²) in [7, 11) is 3.38. The number of aryl methyl sites for hydroxylation is 6. The van der Waals surface area contributed by atoms with E-state index in [1.54, 1.807) is 60.4 Å². The van der Waals surface area contributed by atoms with E-state index in [0.29, 0.717) is 108 Å². The summed E-state index contributed by atoms with van der Waals surface area (Å²) in [5, 5.41) is 22.8. The molecule has 3 aromatic carbocycles. The maximum absolute atomic E-state index is 12.1. The zero-order chi connectivity index (χ0) is 89.7. The summed E-state index contributed by atoms with van der Waals surface area (Å²) in [6.07, 6.45) is 12.4. The first kappa shape index (κ1) is 98.3. The van der Waals surface area contributed by atoms with E-state index in [-0.39, 0.29) is 42.7 Å². The van der Waals surface area contributed by atoms with Gasteiger partial charge in [-0.05, 0) is 166 Å². The van der Waals surface area contributed by atoms with Gasteiger partial charge in [0.15, 0.2) is 0 Å². The summed E-state index contributed by atoms with van der Waals surface area (Å²) >= 11 is 34.1. The number of methoxy groups -OCH3 is 1. The Balaban J connectivity index is 0.000000207. The molecule has 123 heavy (non-hydrogen) atoms. The molecule has 12 aromatic rings. The number of anilines is 8. The molecular weight excluding hydrogens is 1750 g/mol. The average Bonchev–Trinajstić information content (AvgIpc) is 0.899. The molecule has 30 nitrogen and oxygen atoms in total. The Kier molecular flexibility index (Phi) is 39.9. The van der Waals surface area contributed by atoms with Crippen molar-refractivity contribution >= 4 is 145 Å². The number of alkyl halides is 3. The van der Waals surface area contributed by atoms with Crippen LogP contribution in [0.4, 0.5) is 60.5 Å². The van der Waals surface area contributed by atoms with E-state index in [0.717, 1.165) is 142 Å². The molecule has 0 fully saturated rings. The number of unbranched alkanes of at least 4 members (excludes halogenated alkanes) is 4. The van der Waals surface area contributed by atoms with Crippen molar-refractivity contribution in [1.29, 1.82) is 5.41 Å². The first-order valence-electron chi connectivity index (χ1n) is 38.8. The molecule has 650 valence electrons. The summed E-state index contributed by atoms with van der Waals surface area (Å²) in [6.45, 7) is 11.7. The number of Topliss-reactive ketones (excluding diaryl/α,β-unsaturated/α-hetero) is 1. The smallest absolute Gasteiger partial charge is 0.402 e. The third-order valence-corrected chi connectivity index (χ3v) is 20.2. The van der Waals surface area contributed by atoms with Gasteiger partial charge >= 0.3 is 6.18 Å². The second-order valence-electron chi connectivity index (χ2n) is 27.0. The number of benzene rings is 3. The number of hydrogen-bond donors (Lipinski definition) is 12. The van der Waals surface area contributed by atoms with E-state index in [9.17, 15) is 22.8 Å². The van der Waals surface area contributed by atoms with Gasteiger partial charge in [-0.25, -0.2) is 49.8 Å². The number of aromatic nitrogens is 16. The summed E-state index contributed by atoms with van der Waals surface area (Å²) in [6, 6.07) is 35.3. The predicted molar refractivity (Wildman–Crippen MR) is 490 cm³/mol. The SMILES string of the molecule is CCc1cc(-c2cc[nH]c2)nc(N)n1.CCc1cc(-c2ccnn2C)nc(N)n1.CCc1cc(C(C=N)=C(C)N)nc(N)n1.COCC(=O)NCCCCCc1cc(-c2cccc(Cl)c2C)nc(N)n1.Nc1nc(NCCCCCC(=O)C(F)(F)F)cc(-c2cccc(Cl)c2Cl)n1.Nc1nc(NCCCc2ccc(Br)cn2)cc(-c2cccc(Cl)c2Cl)n1. The standard InChI is InChI=1S/C19H25ClN4O2.C18H16BrCl2N5.C17H17Cl2F3N4O.C10H13N5.C10H15N5.C10H12N4/c1-13-15(8-6-9-16(13)20)17-11-14(23-19(21)24-17)7-4-3-5-10-22-18(25)12-26-2;19-11-6-7-12(24-10-11)3-2-8-23-16-9-15(25-18(22)26-16)13-4-1-5-14(20)17(13)21;18-11-6-4-5-10(15(11)19)12-9-14(26-16(23)25-12)24-8-3-1-2-7-13(27)17(20,21)22;1-3-7-6-8(14-10(11)13-7)9-4-5-12-15(9)2;1-3-7-4-9(15-10(13)14-7)8(5-11)6(2)12;1-2-8-5-9(14-10(11)13-8)7-3-4-12-6-7/h6,8-9,11H,3-5,7,10,12H2,1-2H3,(H,22,25)(H2,21,23,24);1,4-7,9-10H,2-3,8H2,(H3,22,23,25,26);4-6,9H,1-3,7-8H2,(H3,23,24,25,26);4-6H,3H2,1-2H3,(H2,11,13,14);4-5,11H,3,12H2,1-2H3,(H2,13,14,15);3-6,12H,2H2,1H3,(H2,11,13,14). The number of hydrogen-bond acceptors (Lipinski definition) is 27. The molecule has 0 spiro atoms. The van der Waals surface area contributed by atoms with Gasteiger partial charge in [0.25, 0.3) is 0 Å². The Morgan fingerprint density at radius 1 is 0.561 bits per heavy atom. The normalized spacial score (nSPS) is 11.0. The summed E-state index contributed by atoms with van der Waals surface area (Å²) in [5.74, 6) is 0.670. The highest BCUT2D eigenvalue weighted by Crippen LogP contribution is 2.36. The van der Waals surface area contributed by atoms with Gasteiger partial charge in [-0.15, -0.1) is 0 Å². The topological polar surface area (TPSA) is 487 Å². The highest BCUT2D eigenvalue weighted by atomic mass is 79.9. The highest BCUT2D eigenvalue weighted by Gasteiger charge is 2.37. The Labute approximate surface area is 744 Å². The fourth-order valence-corrected chi connectivity index (χ4v) is 12.7. The number of halogens is 9. The van der Waals surface area contributed by atoms with Crippen LogP contribution in [0, 0.1) is 12.3 Å². The predicted octanol–water partition coefficient (Wildman–Crippen LogP) is 17.1. The number of rotatable bonds is 30. The Morgan fingerprint density at radius 2 is 1.05 bits per heavy atom. The Morgan fingerprint density at radius 3 is 1.57 bits per heavy atom. The van der Waals surface area contributed by atoms with Crippen LogP contribution in [0.1, 0.15) is 119 Å². The number of ether oxygens (including phenoxy) is 1. The van der Waals surface area contributed by atoms with Gasteiger partial charge in [-0.1, -0.05) is 128 Å². The lowest BCUT2D eigenvalue weighted by Crippen LogP contribution is -2.27. The number of carbonyl (C=O) groups excluding carboxylic acids is 2. The molecule has 19 N–H and O–H groups in total. The number of pyridine rings is 1. The number of allylic oxidation sites excluding steroid dienone is 2. The van der Waals surface area contributed by atoms with E-state index in [4.69, 9.17) is 108 Å². The Hall–Kier alpha value is -11.8. The number of amides is 1. The minimum atomic E-state index is -4.76. The van der Waals surface area contributed by atoms with Gasteiger partial charge in [0.1, 0.15) is 18.2 Å². The number of nitrogens with two attached hydrogens (primary N) is 7. The first-order valence-corrected chi connectivity index (χ1v) is 41.5. The molecule has 0 unspecified atom stereocenters. The maximum atomic E-state index is 12.1. The fraction of sp³-hybridized carbons (Fsp3) is 0.298. The van der Waals surface area contributed by atoms with Gasteiger partial charge in [0.05, 0.1) is 59.9 Å². The van der Waals surface area contributed by atoms with E-state index in [1.165, 1.54) is 13.3 Å². The maximum Gasteiger partial charge on any atom is 0.449 e. The van der Waals surface area contributed by atoms with E-state index >= 15 is 0 Å². The number of nitrogen functional groups attached to an aromatic ring is 6. The van der Waals surface area contributed by atoms with Gasteiger partial charge < -0.3 is 71.2 Å². The summed E-state index contributed by atoms with van der Waals surface area (Å²) in [4.78, 5) is 79.5. The molecule has 12 rings (SSSR count). The second-order valence-corrected chi connectivity index (χ2v) is 29.9. The second kappa shape index (κ2) is 50.0. The van der Waals surface area contributed by atoms with Crippen molar-refractivity contribution in [2.24, 2.45) is 12.8 Å². The van der Waals surface area contributed by atoms with Crippen molar-refractivity contribution in [2.75, 3.05) is 78.4 Å².